The molecule has 0 heterocycles. The molecule has 112 valence electrons. The molecular formula is C16H26N2O2. The summed E-state index contributed by atoms with van der Waals surface area (Å²) in [5.41, 5.74) is 7.86. The van der Waals surface area contributed by atoms with Gasteiger partial charge in [0.15, 0.2) is 0 Å². The summed E-state index contributed by atoms with van der Waals surface area (Å²) in [5, 5.41) is 2.90. The summed E-state index contributed by atoms with van der Waals surface area (Å²) < 4.78 is 5.43. The van der Waals surface area contributed by atoms with Crippen molar-refractivity contribution in [2.24, 2.45) is 11.1 Å². The minimum atomic E-state index is -0.512. The van der Waals surface area contributed by atoms with Gasteiger partial charge in [-0.1, -0.05) is 45.0 Å². The third kappa shape index (κ3) is 4.94. The molecule has 1 atom stereocenters. The predicted molar refractivity (Wildman–Crippen MR) is 81.0 cm³/mol. The number of benzene rings is 1. The molecule has 4 heteroatoms. The van der Waals surface area contributed by atoms with Gasteiger partial charge in [-0.05, 0) is 23.5 Å². The molecular weight excluding hydrogens is 252 g/mol. The Bertz CT molecular complexity index is 438. The van der Waals surface area contributed by atoms with Gasteiger partial charge in [-0.2, -0.15) is 0 Å². The van der Waals surface area contributed by atoms with Gasteiger partial charge in [-0.3, -0.25) is 4.79 Å². The molecule has 20 heavy (non-hydrogen) atoms. The van der Waals surface area contributed by atoms with E-state index >= 15 is 0 Å². The SMILES string of the molecule is CCOCc1ccccc1CNC(=O)[C@H](N)C(C)(C)C. The fraction of sp³-hybridized carbons (Fsp3) is 0.562. The Hall–Kier alpha value is -1.39. The molecule has 0 saturated heterocycles. The summed E-state index contributed by atoms with van der Waals surface area (Å²) in [4.78, 5) is 12.0. The van der Waals surface area contributed by atoms with Crippen molar-refractivity contribution in [2.75, 3.05) is 6.61 Å². The van der Waals surface area contributed by atoms with Crippen molar-refractivity contribution < 1.29 is 9.53 Å². The van der Waals surface area contributed by atoms with E-state index in [0.717, 1.165) is 11.1 Å². The number of hydrogen-bond acceptors (Lipinski definition) is 3. The standard InChI is InChI=1S/C16H26N2O2/c1-5-20-11-13-9-7-6-8-12(13)10-18-15(19)14(17)16(2,3)4/h6-9,14H,5,10-11,17H2,1-4H3,(H,18,19)/t14-/m0/s1. The highest BCUT2D eigenvalue weighted by Gasteiger charge is 2.27. The quantitative estimate of drug-likeness (QED) is 0.838. The van der Waals surface area contributed by atoms with Gasteiger partial charge in [-0.25, -0.2) is 0 Å². The van der Waals surface area contributed by atoms with Crippen LogP contribution >= 0.6 is 0 Å². The zero-order valence-electron chi connectivity index (χ0n) is 12.9. The van der Waals surface area contributed by atoms with Crippen molar-refractivity contribution in [1.29, 1.82) is 0 Å². The predicted octanol–water partition coefficient (Wildman–Crippen LogP) is 2.21. The van der Waals surface area contributed by atoms with E-state index in [1.54, 1.807) is 0 Å². The van der Waals surface area contributed by atoms with Gasteiger partial charge >= 0.3 is 0 Å². The number of carbonyl (C=O) groups is 1. The first-order chi connectivity index (χ1) is 9.36. The van der Waals surface area contributed by atoms with Gasteiger partial charge in [0.2, 0.25) is 5.91 Å². The number of amides is 1. The first-order valence-electron chi connectivity index (χ1n) is 7.04. The Balaban J connectivity index is 2.63. The monoisotopic (exact) mass is 278 g/mol. The lowest BCUT2D eigenvalue weighted by Gasteiger charge is -2.26. The summed E-state index contributed by atoms with van der Waals surface area (Å²) in [6, 6.07) is 7.43. The molecule has 0 aliphatic carbocycles. The summed E-state index contributed by atoms with van der Waals surface area (Å²) in [6.45, 7) is 9.56. The molecule has 0 aliphatic rings. The third-order valence-electron chi connectivity index (χ3n) is 3.25. The van der Waals surface area contributed by atoms with Crippen LogP contribution in [0.25, 0.3) is 0 Å². The van der Waals surface area contributed by atoms with Crippen LogP contribution in [0, 0.1) is 5.41 Å². The molecule has 3 N–H and O–H groups in total. The van der Waals surface area contributed by atoms with Crippen molar-refractivity contribution in [2.45, 2.75) is 46.9 Å². The van der Waals surface area contributed by atoms with E-state index in [-0.39, 0.29) is 11.3 Å². The van der Waals surface area contributed by atoms with Crippen LogP contribution in [0.5, 0.6) is 0 Å². The van der Waals surface area contributed by atoms with Crippen LogP contribution in [0.15, 0.2) is 24.3 Å². The van der Waals surface area contributed by atoms with E-state index in [1.165, 1.54) is 0 Å². The molecule has 0 aromatic heterocycles. The fourth-order valence-corrected chi connectivity index (χ4v) is 1.77. The largest absolute Gasteiger partial charge is 0.377 e. The van der Waals surface area contributed by atoms with Gasteiger partial charge in [0.05, 0.1) is 12.6 Å². The second-order valence-corrected chi connectivity index (χ2v) is 5.97. The van der Waals surface area contributed by atoms with Gasteiger partial charge in [-0.15, -0.1) is 0 Å². The van der Waals surface area contributed by atoms with Crippen LogP contribution in [-0.2, 0) is 22.7 Å². The van der Waals surface area contributed by atoms with Crippen LogP contribution in [0.2, 0.25) is 0 Å². The van der Waals surface area contributed by atoms with Crippen molar-refractivity contribution in [3.05, 3.63) is 35.4 Å². The molecule has 0 unspecified atom stereocenters. The van der Waals surface area contributed by atoms with Gasteiger partial charge in [0, 0.05) is 13.2 Å². The van der Waals surface area contributed by atoms with E-state index in [0.29, 0.717) is 19.8 Å². The first kappa shape index (κ1) is 16.7. The number of nitrogens with two attached hydrogens (primary N) is 1. The highest BCUT2D eigenvalue weighted by Crippen LogP contribution is 2.17. The highest BCUT2D eigenvalue weighted by molar-refractivity contribution is 5.82. The average molecular weight is 278 g/mol. The lowest BCUT2D eigenvalue weighted by molar-refractivity contribution is -0.124. The third-order valence-corrected chi connectivity index (χ3v) is 3.25. The average Bonchev–Trinajstić information content (AvgIpc) is 2.41. The van der Waals surface area contributed by atoms with E-state index in [9.17, 15) is 4.79 Å². The second-order valence-electron chi connectivity index (χ2n) is 5.97. The molecule has 1 aromatic rings. The van der Waals surface area contributed by atoms with Crippen molar-refractivity contribution in [1.82, 2.24) is 5.32 Å². The Morgan fingerprint density at radius 1 is 1.30 bits per heavy atom. The maximum atomic E-state index is 12.0. The second kappa shape index (κ2) is 7.41. The van der Waals surface area contributed by atoms with Crippen molar-refractivity contribution >= 4 is 5.91 Å². The normalized spacial score (nSPS) is 13.1. The Kier molecular flexibility index (Phi) is 6.17. The maximum absolute atomic E-state index is 12.0. The van der Waals surface area contributed by atoms with Crippen LogP contribution in [0.3, 0.4) is 0 Å². The zero-order chi connectivity index (χ0) is 15.2. The van der Waals surface area contributed by atoms with Crippen molar-refractivity contribution in [3.8, 4) is 0 Å². The molecule has 0 bridgehead atoms. The maximum Gasteiger partial charge on any atom is 0.237 e. The number of carbonyl (C=O) groups excluding carboxylic acids is 1. The van der Waals surface area contributed by atoms with E-state index in [4.69, 9.17) is 10.5 Å². The summed E-state index contributed by atoms with van der Waals surface area (Å²) in [7, 11) is 0. The smallest absolute Gasteiger partial charge is 0.237 e. The molecule has 4 nitrogen and oxygen atoms in total. The molecule has 0 radical (unpaired) electrons. The Morgan fingerprint density at radius 2 is 1.90 bits per heavy atom. The highest BCUT2D eigenvalue weighted by atomic mass is 16.5. The molecule has 0 fully saturated rings. The number of rotatable bonds is 6. The molecule has 1 amide bonds. The number of hydrogen-bond donors (Lipinski definition) is 2. The minimum Gasteiger partial charge on any atom is -0.377 e. The van der Waals surface area contributed by atoms with Gasteiger partial charge in [0.1, 0.15) is 0 Å². The molecule has 1 aromatic carbocycles. The fourth-order valence-electron chi connectivity index (χ4n) is 1.77. The molecule has 1 rings (SSSR count). The molecule has 0 spiro atoms. The number of nitrogens with one attached hydrogen (secondary N) is 1. The Morgan fingerprint density at radius 3 is 2.45 bits per heavy atom. The van der Waals surface area contributed by atoms with Gasteiger partial charge in [0.25, 0.3) is 0 Å². The summed E-state index contributed by atoms with van der Waals surface area (Å²) >= 11 is 0. The van der Waals surface area contributed by atoms with Crippen molar-refractivity contribution in [3.63, 3.8) is 0 Å². The van der Waals surface area contributed by atoms with E-state index in [2.05, 4.69) is 5.32 Å². The summed E-state index contributed by atoms with van der Waals surface area (Å²) in [5.74, 6) is -0.122. The zero-order valence-corrected chi connectivity index (χ0v) is 12.9. The molecule has 0 saturated carbocycles. The molecule has 0 aliphatic heterocycles. The van der Waals surface area contributed by atoms with Crippen LogP contribution in [0.4, 0.5) is 0 Å². The van der Waals surface area contributed by atoms with E-state index in [1.807, 2.05) is 52.0 Å². The Labute approximate surface area is 121 Å². The lowest BCUT2D eigenvalue weighted by Crippen LogP contribution is -2.48. The van der Waals surface area contributed by atoms with Crippen LogP contribution in [0.1, 0.15) is 38.8 Å². The number of ether oxygens (including phenoxy) is 1. The van der Waals surface area contributed by atoms with Gasteiger partial charge < -0.3 is 15.8 Å². The van der Waals surface area contributed by atoms with E-state index < -0.39 is 6.04 Å². The minimum absolute atomic E-state index is 0.122. The topological polar surface area (TPSA) is 64.3 Å². The lowest BCUT2D eigenvalue weighted by atomic mass is 9.87. The van der Waals surface area contributed by atoms with Crippen LogP contribution < -0.4 is 11.1 Å². The van der Waals surface area contributed by atoms with Crippen LogP contribution in [-0.4, -0.2) is 18.6 Å². The summed E-state index contributed by atoms with van der Waals surface area (Å²) in [6.07, 6.45) is 0. The first-order valence-corrected chi connectivity index (χ1v) is 7.04.